The number of likely N-dealkylation sites (tertiary alicyclic amines) is 2. The van der Waals surface area contributed by atoms with Gasteiger partial charge in [0, 0.05) is 31.6 Å². The van der Waals surface area contributed by atoms with Crippen molar-refractivity contribution < 1.29 is 9.59 Å². The molecular formula is C22H27N3O2S. The number of rotatable bonds is 4. The highest BCUT2D eigenvalue weighted by Crippen LogP contribution is 2.41. The van der Waals surface area contributed by atoms with Gasteiger partial charge in [-0.05, 0) is 36.3 Å². The van der Waals surface area contributed by atoms with Gasteiger partial charge < -0.3 is 9.80 Å². The summed E-state index contributed by atoms with van der Waals surface area (Å²) in [6.07, 6.45) is 2.62. The van der Waals surface area contributed by atoms with E-state index in [1.807, 2.05) is 9.80 Å². The Morgan fingerprint density at radius 3 is 2.68 bits per heavy atom. The van der Waals surface area contributed by atoms with Crippen LogP contribution >= 0.6 is 11.3 Å². The van der Waals surface area contributed by atoms with Crippen molar-refractivity contribution in [2.24, 2.45) is 5.41 Å². The smallest absolute Gasteiger partial charge is 0.273 e. The standard InChI is InChI=1S/C22H27N3O2S/c1-16(2)18-6-4-17(5-7-18)12-24-10-3-8-22(21(24)27)9-11-25(14-22)20(26)19-13-28-15-23-19/h4-7,13,15-16H,3,8-12,14H2,1-2H3. The number of aromatic nitrogens is 1. The second-order valence-corrected chi connectivity index (χ2v) is 9.08. The number of nitrogens with zero attached hydrogens (tertiary/aromatic N) is 3. The molecule has 3 heterocycles. The number of carbonyl (C=O) groups excluding carboxylic acids is 2. The highest BCUT2D eigenvalue weighted by atomic mass is 32.1. The van der Waals surface area contributed by atoms with Crippen LogP contribution in [0.2, 0.25) is 0 Å². The Balaban J connectivity index is 1.45. The van der Waals surface area contributed by atoms with Crippen LogP contribution in [0, 0.1) is 5.41 Å². The molecule has 2 saturated heterocycles. The van der Waals surface area contributed by atoms with E-state index < -0.39 is 5.41 Å². The van der Waals surface area contributed by atoms with Crippen LogP contribution in [0.15, 0.2) is 35.2 Å². The van der Waals surface area contributed by atoms with Gasteiger partial charge in [0.15, 0.2) is 0 Å². The summed E-state index contributed by atoms with van der Waals surface area (Å²) in [7, 11) is 0. The monoisotopic (exact) mass is 397 g/mol. The van der Waals surface area contributed by atoms with Crippen molar-refractivity contribution in [2.75, 3.05) is 19.6 Å². The zero-order valence-electron chi connectivity index (χ0n) is 16.6. The number of amides is 2. The molecule has 1 atom stereocenters. The zero-order chi connectivity index (χ0) is 19.7. The molecule has 5 nitrogen and oxygen atoms in total. The molecule has 0 aliphatic carbocycles. The molecule has 1 aromatic heterocycles. The van der Waals surface area contributed by atoms with Crippen molar-refractivity contribution in [2.45, 2.75) is 45.6 Å². The number of hydrogen-bond acceptors (Lipinski definition) is 4. The van der Waals surface area contributed by atoms with Gasteiger partial charge in [0.05, 0.1) is 10.9 Å². The predicted molar refractivity (Wildman–Crippen MR) is 110 cm³/mol. The number of thiazole rings is 1. The van der Waals surface area contributed by atoms with Crippen LogP contribution in [0.5, 0.6) is 0 Å². The van der Waals surface area contributed by atoms with E-state index >= 15 is 0 Å². The molecule has 148 valence electrons. The molecule has 2 aliphatic rings. The maximum Gasteiger partial charge on any atom is 0.273 e. The first-order valence-corrected chi connectivity index (χ1v) is 11.0. The van der Waals surface area contributed by atoms with Gasteiger partial charge in [-0.2, -0.15) is 0 Å². The Kier molecular flexibility index (Phi) is 5.23. The summed E-state index contributed by atoms with van der Waals surface area (Å²) in [5, 5.41) is 1.78. The second kappa shape index (κ2) is 7.66. The molecule has 2 aromatic rings. The first kappa shape index (κ1) is 19.1. The van der Waals surface area contributed by atoms with E-state index in [2.05, 4.69) is 43.1 Å². The average molecular weight is 398 g/mol. The fourth-order valence-corrected chi connectivity index (χ4v) is 4.96. The Morgan fingerprint density at radius 1 is 1.21 bits per heavy atom. The minimum atomic E-state index is -0.415. The fourth-order valence-electron chi connectivity index (χ4n) is 4.44. The zero-order valence-corrected chi connectivity index (χ0v) is 17.4. The van der Waals surface area contributed by atoms with Crippen molar-refractivity contribution in [3.05, 3.63) is 52.0 Å². The Labute approximate surface area is 170 Å². The van der Waals surface area contributed by atoms with Gasteiger partial charge in [-0.3, -0.25) is 9.59 Å². The molecule has 1 unspecified atom stereocenters. The van der Waals surface area contributed by atoms with Crippen LogP contribution in [-0.4, -0.2) is 46.2 Å². The average Bonchev–Trinajstić information content (AvgIpc) is 3.37. The predicted octanol–water partition coefficient (Wildman–Crippen LogP) is 3.92. The number of piperidine rings is 1. The molecular weight excluding hydrogens is 370 g/mol. The lowest BCUT2D eigenvalue weighted by molar-refractivity contribution is -0.146. The van der Waals surface area contributed by atoms with Crippen LogP contribution in [0.3, 0.4) is 0 Å². The third kappa shape index (κ3) is 3.58. The molecule has 0 N–H and O–H groups in total. The molecule has 1 spiro atoms. The number of carbonyl (C=O) groups is 2. The van der Waals surface area contributed by atoms with Gasteiger partial charge in [-0.15, -0.1) is 11.3 Å². The Bertz CT molecular complexity index is 847. The molecule has 4 rings (SSSR count). The van der Waals surface area contributed by atoms with Gasteiger partial charge >= 0.3 is 0 Å². The van der Waals surface area contributed by atoms with Crippen LogP contribution in [0.25, 0.3) is 0 Å². The van der Waals surface area contributed by atoms with E-state index in [-0.39, 0.29) is 11.8 Å². The third-order valence-corrected chi connectivity index (χ3v) is 6.72. The van der Waals surface area contributed by atoms with Crippen molar-refractivity contribution in [1.29, 1.82) is 0 Å². The SMILES string of the molecule is CC(C)c1ccc(CN2CCCC3(CCN(C(=O)c4cscn4)C3)C2=O)cc1. The van der Waals surface area contributed by atoms with Gasteiger partial charge in [-0.1, -0.05) is 38.1 Å². The summed E-state index contributed by atoms with van der Waals surface area (Å²) in [6, 6.07) is 8.59. The molecule has 0 radical (unpaired) electrons. The topological polar surface area (TPSA) is 53.5 Å². The van der Waals surface area contributed by atoms with Crippen molar-refractivity contribution in [3.8, 4) is 0 Å². The van der Waals surface area contributed by atoms with E-state index in [0.717, 1.165) is 25.8 Å². The molecule has 6 heteroatoms. The first-order chi connectivity index (χ1) is 13.5. The lowest BCUT2D eigenvalue weighted by Gasteiger charge is -2.39. The molecule has 2 aliphatic heterocycles. The maximum absolute atomic E-state index is 13.4. The summed E-state index contributed by atoms with van der Waals surface area (Å²) in [5.74, 6) is 0.668. The normalized spacial score (nSPS) is 22.5. The summed E-state index contributed by atoms with van der Waals surface area (Å²) in [4.78, 5) is 33.9. The molecule has 2 fully saturated rings. The van der Waals surface area contributed by atoms with Crippen LogP contribution in [0.1, 0.15) is 60.6 Å². The number of hydrogen-bond donors (Lipinski definition) is 0. The summed E-state index contributed by atoms with van der Waals surface area (Å²) >= 11 is 1.42. The van der Waals surface area contributed by atoms with E-state index in [1.165, 1.54) is 22.5 Å². The lowest BCUT2D eigenvalue weighted by Crippen LogP contribution is -2.50. The summed E-state index contributed by atoms with van der Waals surface area (Å²) in [5.41, 5.74) is 4.24. The van der Waals surface area contributed by atoms with Crippen LogP contribution in [0.4, 0.5) is 0 Å². The highest BCUT2D eigenvalue weighted by Gasteiger charge is 2.49. The molecule has 2 amide bonds. The largest absolute Gasteiger partial charge is 0.338 e. The maximum atomic E-state index is 13.4. The molecule has 1 aromatic carbocycles. The Morgan fingerprint density at radius 2 is 2.00 bits per heavy atom. The van der Waals surface area contributed by atoms with Gasteiger partial charge in [0.25, 0.3) is 5.91 Å². The van der Waals surface area contributed by atoms with Gasteiger partial charge in [-0.25, -0.2) is 4.98 Å². The molecule has 0 bridgehead atoms. The summed E-state index contributed by atoms with van der Waals surface area (Å²) < 4.78 is 0. The van der Waals surface area contributed by atoms with Gasteiger partial charge in [0.2, 0.25) is 5.91 Å². The Hall–Kier alpha value is -2.21. The summed E-state index contributed by atoms with van der Waals surface area (Å²) in [6.45, 7) is 6.98. The third-order valence-electron chi connectivity index (χ3n) is 6.14. The van der Waals surface area contributed by atoms with Crippen molar-refractivity contribution in [1.82, 2.24) is 14.8 Å². The van der Waals surface area contributed by atoms with Crippen molar-refractivity contribution >= 4 is 23.2 Å². The van der Waals surface area contributed by atoms with E-state index in [4.69, 9.17) is 0 Å². The first-order valence-electron chi connectivity index (χ1n) is 10.0. The van der Waals surface area contributed by atoms with Crippen LogP contribution < -0.4 is 0 Å². The van der Waals surface area contributed by atoms with E-state index in [1.54, 1.807) is 10.9 Å². The minimum absolute atomic E-state index is 0.0488. The van der Waals surface area contributed by atoms with Crippen molar-refractivity contribution in [3.63, 3.8) is 0 Å². The molecule has 28 heavy (non-hydrogen) atoms. The minimum Gasteiger partial charge on any atom is -0.338 e. The van der Waals surface area contributed by atoms with E-state index in [0.29, 0.717) is 31.2 Å². The number of benzene rings is 1. The van der Waals surface area contributed by atoms with Gasteiger partial charge in [0.1, 0.15) is 5.69 Å². The van der Waals surface area contributed by atoms with E-state index in [9.17, 15) is 9.59 Å². The lowest BCUT2D eigenvalue weighted by atomic mass is 9.78. The quantitative estimate of drug-likeness (QED) is 0.786. The van der Waals surface area contributed by atoms with Crippen LogP contribution in [-0.2, 0) is 11.3 Å². The second-order valence-electron chi connectivity index (χ2n) is 8.36. The molecule has 0 saturated carbocycles. The fraction of sp³-hybridized carbons (Fsp3) is 0.500. The highest BCUT2D eigenvalue weighted by molar-refractivity contribution is 7.07.